The van der Waals surface area contributed by atoms with Crippen molar-refractivity contribution in [3.05, 3.63) is 0 Å². The molecule has 1 unspecified atom stereocenters. The van der Waals surface area contributed by atoms with Crippen molar-refractivity contribution in [1.82, 2.24) is 10.2 Å². The Morgan fingerprint density at radius 3 is 2.57 bits per heavy atom. The van der Waals surface area contributed by atoms with Gasteiger partial charge < -0.3 is 10.2 Å². The molecule has 3 aliphatic rings. The molecule has 0 saturated carbocycles. The van der Waals surface area contributed by atoms with Gasteiger partial charge in [-0.2, -0.15) is 0 Å². The SMILES string of the molecule is CCCCCNC1CN2CCC1CC2. The van der Waals surface area contributed by atoms with Crippen LogP contribution in [0.4, 0.5) is 0 Å². The third-order valence-corrected chi connectivity index (χ3v) is 3.84. The Bertz CT molecular complexity index is 162. The van der Waals surface area contributed by atoms with Gasteiger partial charge in [0.05, 0.1) is 0 Å². The number of fused-ring (bicyclic) bond motifs is 3. The molecule has 1 N–H and O–H groups in total. The van der Waals surface area contributed by atoms with Gasteiger partial charge in [-0.15, -0.1) is 0 Å². The summed E-state index contributed by atoms with van der Waals surface area (Å²) in [6.45, 7) is 7.55. The largest absolute Gasteiger partial charge is 0.312 e. The maximum absolute atomic E-state index is 3.75. The van der Waals surface area contributed by atoms with Gasteiger partial charge in [-0.3, -0.25) is 0 Å². The van der Waals surface area contributed by atoms with Gasteiger partial charge in [-0.05, 0) is 44.8 Å². The van der Waals surface area contributed by atoms with Crippen molar-refractivity contribution in [2.45, 2.75) is 45.1 Å². The van der Waals surface area contributed by atoms with Crippen LogP contribution in [0.15, 0.2) is 0 Å². The van der Waals surface area contributed by atoms with Crippen molar-refractivity contribution in [2.24, 2.45) is 5.92 Å². The summed E-state index contributed by atoms with van der Waals surface area (Å²) in [6.07, 6.45) is 6.95. The Balaban J connectivity index is 1.66. The fourth-order valence-corrected chi connectivity index (χ4v) is 2.86. The molecule has 3 rings (SSSR count). The zero-order valence-corrected chi connectivity index (χ0v) is 9.47. The number of piperidine rings is 3. The van der Waals surface area contributed by atoms with Gasteiger partial charge in [0.25, 0.3) is 0 Å². The highest BCUT2D eigenvalue weighted by molar-refractivity contribution is 4.90. The van der Waals surface area contributed by atoms with Gasteiger partial charge in [-0.1, -0.05) is 19.8 Å². The predicted octanol–water partition coefficient (Wildman–Crippen LogP) is 1.86. The highest BCUT2D eigenvalue weighted by Crippen LogP contribution is 2.27. The standard InChI is InChI=1S/C12H24N2/c1-2-3-4-7-13-12-10-14-8-5-11(12)6-9-14/h11-13H,2-10H2,1H3. The second kappa shape index (κ2) is 5.13. The van der Waals surface area contributed by atoms with Gasteiger partial charge in [0.2, 0.25) is 0 Å². The van der Waals surface area contributed by atoms with E-state index in [1.54, 1.807) is 0 Å². The number of nitrogens with one attached hydrogen (secondary N) is 1. The molecule has 0 aliphatic carbocycles. The molecule has 1 atom stereocenters. The lowest BCUT2D eigenvalue weighted by atomic mass is 9.84. The van der Waals surface area contributed by atoms with Crippen LogP contribution >= 0.6 is 0 Å². The molecular formula is C12H24N2. The molecule has 2 bridgehead atoms. The molecule has 3 saturated heterocycles. The minimum atomic E-state index is 0.814. The van der Waals surface area contributed by atoms with Gasteiger partial charge >= 0.3 is 0 Å². The second-order valence-corrected chi connectivity index (χ2v) is 4.91. The highest BCUT2D eigenvalue weighted by Gasteiger charge is 2.33. The van der Waals surface area contributed by atoms with Gasteiger partial charge in [0.15, 0.2) is 0 Å². The Morgan fingerprint density at radius 1 is 1.21 bits per heavy atom. The lowest BCUT2D eigenvalue weighted by Gasteiger charge is -2.45. The Hall–Kier alpha value is -0.0800. The maximum Gasteiger partial charge on any atom is 0.0224 e. The summed E-state index contributed by atoms with van der Waals surface area (Å²) in [4.78, 5) is 2.62. The number of nitrogens with zero attached hydrogens (tertiary/aromatic N) is 1. The van der Waals surface area contributed by atoms with Crippen LogP contribution < -0.4 is 5.32 Å². The van der Waals surface area contributed by atoms with Crippen molar-refractivity contribution < 1.29 is 0 Å². The zero-order valence-electron chi connectivity index (χ0n) is 9.47. The van der Waals surface area contributed by atoms with E-state index in [1.165, 1.54) is 58.3 Å². The Morgan fingerprint density at radius 2 is 2.00 bits per heavy atom. The molecule has 3 aliphatic heterocycles. The zero-order chi connectivity index (χ0) is 9.80. The van der Waals surface area contributed by atoms with Crippen molar-refractivity contribution in [3.63, 3.8) is 0 Å². The van der Waals surface area contributed by atoms with E-state index in [4.69, 9.17) is 0 Å². The number of unbranched alkanes of at least 4 members (excludes halogenated alkanes) is 2. The van der Waals surface area contributed by atoms with Crippen LogP contribution in [0.2, 0.25) is 0 Å². The van der Waals surface area contributed by atoms with E-state index in [-0.39, 0.29) is 0 Å². The van der Waals surface area contributed by atoms with Crippen LogP contribution in [0.1, 0.15) is 39.0 Å². The topological polar surface area (TPSA) is 15.3 Å². The summed E-state index contributed by atoms with van der Waals surface area (Å²) in [5.41, 5.74) is 0. The lowest BCUT2D eigenvalue weighted by molar-refractivity contribution is 0.0727. The van der Waals surface area contributed by atoms with E-state index < -0.39 is 0 Å². The maximum atomic E-state index is 3.75. The first-order chi connectivity index (χ1) is 6.90. The summed E-state index contributed by atoms with van der Waals surface area (Å²) in [5, 5.41) is 3.75. The van der Waals surface area contributed by atoms with E-state index in [2.05, 4.69) is 17.1 Å². The normalized spacial score (nSPS) is 36.2. The van der Waals surface area contributed by atoms with Crippen molar-refractivity contribution in [1.29, 1.82) is 0 Å². The molecule has 14 heavy (non-hydrogen) atoms. The van der Waals surface area contributed by atoms with Crippen molar-refractivity contribution >= 4 is 0 Å². The number of hydrogen-bond donors (Lipinski definition) is 1. The van der Waals surface area contributed by atoms with Gasteiger partial charge in [0.1, 0.15) is 0 Å². The molecule has 0 aromatic rings. The second-order valence-electron chi connectivity index (χ2n) is 4.91. The summed E-state index contributed by atoms with van der Waals surface area (Å²) in [5.74, 6) is 0.988. The molecule has 0 amide bonds. The van der Waals surface area contributed by atoms with Crippen LogP contribution in [0, 0.1) is 5.92 Å². The number of rotatable bonds is 5. The Labute approximate surface area is 88.1 Å². The average Bonchev–Trinajstić information content (AvgIpc) is 2.26. The van der Waals surface area contributed by atoms with Crippen LogP contribution in [0.5, 0.6) is 0 Å². The highest BCUT2D eigenvalue weighted by atomic mass is 15.2. The van der Waals surface area contributed by atoms with E-state index in [0.717, 1.165) is 12.0 Å². The average molecular weight is 196 g/mol. The van der Waals surface area contributed by atoms with Gasteiger partial charge in [0, 0.05) is 12.6 Å². The van der Waals surface area contributed by atoms with E-state index in [0.29, 0.717) is 0 Å². The smallest absolute Gasteiger partial charge is 0.0224 e. The predicted molar refractivity (Wildman–Crippen MR) is 60.5 cm³/mol. The minimum absolute atomic E-state index is 0.814. The number of hydrogen-bond acceptors (Lipinski definition) is 2. The first-order valence-corrected chi connectivity index (χ1v) is 6.36. The first kappa shape index (κ1) is 10.4. The van der Waals surface area contributed by atoms with Gasteiger partial charge in [-0.25, -0.2) is 0 Å². The molecule has 3 heterocycles. The van der Waals surface area contributed by atoms with E-state index >= 15 is 0 Å². The molecule has 0 aromatic carbocycles. The molecule has 3 fully saturated rings. The van der Waals surface area contributed by atoms with Crippen LogP contribution in [0.3, 0.4) is 0 Å². The molecule has 2 heteroatoms. The third-order valence-electron chi connectivity index (χ3n) is 3.84. The van der Waals surface area contributed by atoms with Crippen LogP contribution in [-0.4, -0.2) is 37.1 Å². The van der Waals surface area contributed by atoms with Crippen molar-refractivity contribution in [2.75, 3.05) is 26.2 Å². The van der Waals surface area contributed by atoms with E-state index in [1.807, 2.05) is 0 Å². The summed E-state index contributed by atoms with van der Waals surface area (Å²) in [7, 11) is 0. The van der Waals surface area contributed by atoms with Crippen LogP contribution in [0.25, 0.3) is 0 Å². The first-order valence-electron chi connectivity index (χ1n) is 6.36. The monoisotopic (exact) mass is 196 g/mol. The molecule has 2 nitrogen and oxygen atoms in total. The van der Waals surface area contributed by atoms with Crippen molar-refractivity contribution in [3.8, 4) is 0 Å². The quantitative estimate of drug-likeness (QED) is 0.675. The fourth-order valence-electron chi connectivity index (χ4n) is 2.86. The fraction of sp³-hybridized carbons (Fsp3) is 1.00. The third kappa shape index (κ3) is 2.48. The van der Waals surface area contributed by atoms with E-state index in [9.17, 15) is 0 Å². The molecule has 0 spiro atoms. The summed E-state index contributed by atoms with van der Waals surface area (Å²) in [6, 6.07) is 0.814. The summed E-state index contributed by atoms with van der Waals surface area (Å²) >= 11 is 0. The molecule has 0 aromatic heterocycles. The molecule has 0 radical (unpaired) electrons. The lowest BCUT2D eigenvalue weighted by Crippen LogP contribution is -2.56. The molecule has 82 valence electrons. The summed E-state index contributed by atoms with van der Waals surface area (Å²) < 4.78 is 0. The Kier molecular flexibility index (Phi) is 3.82. The minimum Gasteiger partial charge on any atom is -0.312 e. The van der Waals surface area contributed by atoms with Crippen LogP contribution in [-0.2, 0) is 0 Å². The molecular weight excluding hydrogens is 172 g/mol.